The van der Waals surface area contributed by atoms with Gasteiger partial charge in [0, 0.05) is 36.0 Å². The van der Waals surface area contributed by atoms with E-state index in [1.807, 2.05) is 42.5 Å². The highest BCUT2D eigenvalue weighted by Gasteiger charge is 2.11. The molecule has 1 fully saturated rings. The Hall–Kier alpha value is -3.25. The average Bonchev–Trinajstić information content (AvgIpc) is 3.08. The van der Waals surface area contributed by atoms with Crippen LogP contribution in [0.3, 0.4) is 0 Å². The molecule has 0 unspecified atom stereocenters. The quantitative estimate of drug-likeness (QED) is 0.564. The molecule has 1 saturated heterocycles. The Morgan fingerprint density at radius 2 is 1.78 bits per heavy atom. The molecule has 1 aliphatic rings. The van der Waals surface area contributed by atoms with Gasteiger partial charge in [-0.25, -0.2) is 9.97 Å². The van der Waals surface area contributed by atoms with Gasteiger partial charge in [-0.3, -0.25) is 4.79 Å². The molecular weight excluding hydrogens is 398 g/mol. The Morgan fingerprint density at radius 3 is 2.59 bits per heavy atom. The Kier molecular flexibility index (Phi) is 7.46. The van der Waals surface area contributed by atoms with Crippen molar-refractivity contribution in [2.45, 2.75) is 32.6 Å². The van der Waals surface area contributed by atoms with E-state index in [9.17, 15) is 4.79 Å². The van der Waals surface area contributed by atoms with E-state index in [2.05, 4.69) is 44.6 Å². The zero-order valence-electron chi connectivity index (χ0n) is 18.7. The molecule has 0 saturated carbocycles. The summed E-state index contributed by atoms with van der Waals surface area (Å²) in [6, 6.07) is 17.7. The minimum absolute atomic E-state index is 0.0494. The topological polar surface area (TPSA) is 70.2 Å². The van der Waals surface area contributed by atoms with E-state index in [0.29, 0.717) is 17.9 Å². The molecule has 1 aromatic heterocycles. The van der Waals surface area contributed by atoms with Crippen molar-refractivity contribution < 1.29 is 4.79 Å². The van der Waals surface area contributed by atoms with E-state index in [4.69, 9.17) is 0 Å². The minimum Gasteiger partial charge on any atom is -0.351 e. The fourth-order valence-corrected chi connectivity index (χ4v) is 4.06. The zero-order chi connectivity index (χ0) is 22.2. The molecule has 4 rings (SSSR count). The number of aromatic nitrogens is 2. The summed E-state index contributed by atoms with van der Waals surface area (Å²) in [4.78, 5) is 23.8. The summed E-state index contributed by atoms with van der Waals surface area (Å²) < 4.78 is 0. The first-order valence-electron chi connectivity index (χ1n) is 11.4. The third-order valence-corrected chi connectivity index (χ3v) is 5.79. The van der Waals surface area contributed by atoms with E-state index in [1.165, 1.54) is 31.2 Å². The maximum atomic E-state index is 12.6. The first-order chi connectivity index (χ1) is 15.7. The van der Waals surface area contributed by atoms with E-state index < -0.39 is 0 Å². The molecule has 2 aromatic carbocycles. The summed E-state index contributed by atoms with van der Waals surface area (Å²) in [5.41, 5.74) is 4.55. The van der Waals surface area contributed by atoms with E-state index in [1.54, 1.807) is 6.33 Å². The summed E-state index contributed by atoms with van der Waals surface area (Å²) in [5, 5.41) is 6.36. The average molecular weight is 430 g/mol. The molecule has 32 heavy (non-hydrogen) atoms. The molecule has 0 aliphatic carbocycles. The van der Waals surface area contributed by atoms with Crippen LogP contribution in [0.4, 0.5) is 11.5 Å². The van der Waals surface area contributed by atoms with Crippen LogP contribution in [0.25, 0.3) is 11.3 Å². The van der Waals surface area contributed by atoms with Crippen molar-refractivity contribution in [3.63, 3.8) is 0 Å². The van der Waals surface area contributed by atoms with Crippen LogP contribution in [0, 0.1) is 6.92 Å². The third-order valence-electron chi connectivity index (χ3n) is 5.79. The zero-order valence-corrected chi connectivity index (χ0v) is 18.7. The lowest BCUT2D eigenvalue weighted by Gasteiger charge is -2.19. The SMILES string of the molecule is Cc1cccc(-c2cc(Nc3cccc(C(=O)NCCN4CCCCCC4)c3)ncn2)c1. The highest BCUT2D eigenvalue weighted by atomic mass is 16.1. The van der Waals surface area contributed by atoms with Gasteiger partial charge in [0.25, 0.3) is 5.91 Å². The molecule has 6 heteroatoms. The first kappa shape index (κ1) is 22.0. The van der Waals surface area contributed by atoms with Gasteiger partial charge >= 0.3 is 0 Å². The van der Waals surface area contributed by atoms with Gasteiger partial charge in [-0.2, -0.15) is 0 Å². The summed E-state index contributed by atoms with van der Waals surface area (Å²) in [5.74, 6) is 0.641. The van der Waals surface area contributed by atoms with E-state index in [-0.39, 0.29) is 5.91 Å². The number of anilines is 2. The van der Waals surface area contributed by atoms with Crippen LogP contribution in [0.5, 0.6) is 0 Å². The van der Waals surface area contributed by atoms with Gasteiger partial charge in [-0.05, 0) is 57.1 Å². The first-order valence-corrected chi connectivity index (χ1v) is 11.4. The fraction of sp³-hybridized carbons (Fsp3) is 0.346. The Balaban J connectivity index is 1.36. The second-order valence-corrected chi connectivity index (χ2v) is 8.38. The number of amides is 1. The number of hydrogen-bond acceptors (Lipinski definition) is 5. The maximum absolute atomic E-state index is 12.6. The monoisotopic (exact) mass is 429 g/mol. The van der Waals surface area contributed by atoms with E-state index >= 15 is 0 Å². The lowest BCUT2D eigenvalue weighted by atomic mass is 10.1. The van der Waals surface area contributed by atoms with Crippen LogP contribution in [0.15, 0.2) is 60.9 Å². The van der Waals surface area contributed by atoms with Crippen LogP contribution in [-0.4, -0.2) is 47.0 Å². The predicted molar refractivity (Wildman–Crippen MR) is 129 cm³/mol. The largest absolute Gasteiger partial charge is 0.351 e. The predicted octanol–water partition coefficient (Wildman–Crippen LogP) is 4.80. The van der Waals surface area contributed by atoms with Gasteiger partial charge < -0.3 is 15.5 Å². The van der Waals surface area contributed by atoms with Crippen LogP contribution >= 0.6 is 0 Å². The number of hydrogen-bond donors (Lipinski definition) is 2. The Bertz CT molecular complexity index is 1040. The van der Waals surface area contributed by atoms with Crippen molar-refractivity contribution in [1.82, 2.24) is 20.2 Å². The molecule has 1 aliphatic heterocycles. The Morgan fingerprint density at radius 1 is 0.969 bits per heavy atom. The normalized spacial score (nSPS) is 14.5. The number of likely N-dealkylation sites (tertiary alicyclic amines) is 1. The van der Waals surface area contributed by atoms with Crippen molar-refractivity contribution in [2.75, 3.05) is 31.5 Å². The van der Waals surface area contributed by atoms with E-state index in [0.717, 1.165) is 36.6 Å². The lowest BCUT2D eigenvalue weighted by Crippen LogP contribution is -2.35. The highest BCUT2D eigenvalue weighted by Crippen LogP contribution is 2.22. The molecule has 0 radical (unpaired) electrons. The summed E-state index contributed by atoms with van der Waals surface area (Å²) in [7, 11) is 0. The molecular formula is C26H31N5O. The van der Waals surface area contributed by atoms with Crippen LogP contribution in [0.2, 0.25) is 0 Å². The smallest absolute Gasteiger partial charge is 0.251 e. The highest BCUT2D eigenvalue weighted by molar-refractivity contribution is 5.95. The van der Waals surface area contributed by atoms with Crippen molar-refractivity contribution in [3.8, 4) is 11.3 Å². The summed E-state index contributed by atoms with van der Waals surface area (Å²) in [6.07, 6.45) is 6.72. The van der Waals surface area contributed by atoms with Gasteiger partial charge in [-0.15, -0.1) is 0 Å². The van der Waals surface area contributed by atoms with Crippen molar-refractivity contribution >= 4 is 17.4 Å². The number of rotatable bonds is 7. The second-order valence-electron chi connectivity index (χ2n) is 8.38. The maximum Gasteiger partial charge on any atom is 0.251 e. The van der Waals surface area contributed by atoms with Crippen LogP contribution in [0.1, 0.15) is 41.6 Å². The van der Waals surface area contributed by atoms with Crippen molar-refractivity contribution in [1.29, 1.82) is 0 Å². The molecule has 1 amide bonds. The number of carbonyl (C=O) groups is 1. The molecule has 166 valence electrons. The number of nitrogens with zero attached hydrogens (tertiary/aromatic N) is 3. The molecule has 2 N–H and O–H groups in total. The lowest BCUT2D eigenvalue weighted by molar-refractivity contribution is 0.0948. The van der Waals surface area contributed by atoms with Gasteiger partial charge in [0.2, 0.25) is 0 Å². The molecule has 0 spiro atoms. The minimum atomic E-state index is -0.0494. The van der Waals surface area contributed by atoms with Gasteiger partial charge in [0.15, 0.2) is 0 Å². The number of carbonyl (C=O) groups excluding carboxylic acids is 1. The Labute approximate surface area is 190 Å². The molecule has 6 nitrogen and oxygen atoms in total. The van der Waals surface area contributed by atoms with Crippen LogP contribution < -0.4 is 10.6 Å². The second kappa shape index (κ2) is 10.9. The van der Waals surface area contributed by atoms with Crippen molar-refractivity contribution in [3.05, 3.63) is 72.1 Å². The van der Waals surface area contributed by atoms with Gasteiger partial charge in [-0.1, -0.05) is 42.7 Å². The molecule has 0 bridgehead atoms. The molecule has 2 heterocycles. The summed E-state index contributed by atoms with van der Waals surface area (Å²) >= 11 is 0. The van der Waals surface area contributed by atoms with Crippen LogP contribution in [-0.2, 0) is 0 Å². The van der Waals surface area contributed by atoms with Crippen molar-refractivity contribution in [2.24, 2.45) is 0 Å². The third kappa shape index (κ3) is 6.14. The standard InChI is InChI=1S/C26H31N5O/c1-20-8-6-9-21(16-20)24-18-25(29-19-28-24)30-23-11-7-10-22(17-23)26(32)27-12-15-31-13-4-2-3-5-14-31/h6-11,16-19H,2-5,12-15H2,1H3,(H,27,32)(H,28,29,30). The number of benzene rings is 2. The summed E-state index contributed by atoms with van der Waals surface area (Å²) in [6.45, 7) is 5.92. The van der Waals surface area contributed by atoms with Gasteiger partial charge in [0.1, 0.15) is 12.1 Å². The number of aryl methyl sites for hydroxylation is 1. The van der Waals surface area contributed by atoms with Gasteiger partial charge in [0.05, 0.1) is 5.69 Å². The fourth-order valence-electron chi connectivity index (χ4n) is 4.06. The molecule has 3 aromatic rings. The number of nitrogens with one attached hydrogen (secondary N) is 2. The molecule has 0 atom stereocenters.